The van der Waals surface area contributed by atoms with E-state index >= 15 is 4.79 Å². The van der Waals surface area contributed by atoms with Crippen LogP contribution in [0.25, 0.3) is 0 Å². The maximum Gasteiger partial charge on any atom is 0.260 e. The van der Waals surface area contributed by atoms with Crippen LogP contribution < -0.4 is 5.43 Å². The number of nitrogens with zero attached hydrogens (tertiary/aromatic N) is 2. The normalized spacial score (nSPS) is 27.6. The first-order valence-electron chi connectivity index (χ1n) is 16.2. The molecular formula is C38H31ClFN3O6. The smallest absolute Gasteiger partial charge is 0.260 e. The SMILES string of the molecule is O=C1[C@H]2[C@H](CC=C3[C@H]2C[C@H]2C(=O)N(Nc4ccc(F)cc4)C(=O)[C@@]2(c2ccc(Cl)cc2)[C@H]3c2ccc(CO)o2)C(=O)N1Cc1ccccc1. The topological polar surface area (TPSA) is 120 Å². The number of amides is 4. The summed E-state index contributed by atoms with van der Waals surface area (Å²) in [5, 5.41) is 11.4. The van der Waals surface area contributed by atoms with Crippen molar-refractivity contribution < 1.29 is 33.1 Å². The number of fused-ring (bicyclic) bond motifs is 4. The molecule has 2 aliphatic carbocycles. The predicted molar refractivity (Wildman–Crippen MR) is 176 cm³/mol. The fourth-order valence-corrected chi connectivity index (χ4v) is 8.71. The minimum absolute atomic E-state index is 0.115. The number of benzene rings is 3. The number of likely N-dealkylation sites (tertiary alicyclic amines) is 1. The van der Waals surface area contributed by atoms with Crippen molar-refractivity contribution in [3.63, 3.8) is 0 Å². The van der Waals surface area contributed by atoms with E-state index in [1.54, 1.807) is 36.4 Å². The number of rotatable bonds is 7. The molecule has 11 heteroatoms. The van der Waals surface area contributed by atoms with Crippen molar-refractivity contribution >= 4 is 40.9 Å². The Bertz CT molecular complexity index is 2010. The van der Waals surface area contributed by atoms with Crippen LogP contribution in [0.1, 0.15) is 41.4 Å². The number of aliphatic hydroxyl groups excluding tert-OH is 1. The highest BCUT2D eigenvalue weighted by atomic mass is 35.5. The number of hydrogen-bond donors (Lipinski definition) is 2. The molecule has 4 amide bonds. The van der Waals surface area contributed by atoms with Gasteiger partial charge in [-0.05, 0) is 78.4 Å². The van der Waals surface area contributed by atoms with Gasteiger partial charge < -0.3 is 9.52 Å². The van der Waals surface area contributed by atoms with Gasteiger partial charge in [0.05, 0.1) is 35.9 Å². The minimum atomic E-state index is -1.55. The lowest BCUT2D eigenvalue weighted by Crippen LogP contribution is -2.53. The summed E-state index contributed by atoms with van der Waals surface area (Å²) in [6, 6.07) is 24.7. The van der Waals surface area contributed by atoms with Crippen LogP contribution in [0.4, 0.5) is 10.1 Å². The highest BCUT2D eigenvalue weighted by Gasteiger charge is 2.71. The number of furan rings is 1. The average molecular weight is 680 g/mol. The van der Waals surface area contributed by atoms with Crippen LogP contribution in [0.5, 0.6) is 0 Å². The number of aliphatic hydroxyl groups is 1. The summed E-state index contributed by atoms with van der Waals surface area (Å²) in [5.74, 6) is -5.27. The lowest BCUT2D eigenvalue weighted by Gasteiger charge is -2.49. The molecule has 0 spiro atoms. The molecule has 3 fully saturated rings. The molecule has 4 aromatic rings. The third kappa shape index (κ3) is 4.76. The first kappa shape index (κ1) is 31.2. The highest BCUT2D eigenvalue weighted by Crippen LogP contribution is 2.64. The fraction of sp³-hybridized carbons (Fsp3) is 0.263. The number of imide groups is 2. The average Bonchev–Trinajstić information content (AvgIpc) is 3.75. The molecule has 0 bridgehead atoms. The number of hydrogen-bond acceptors (Lipinski definition) is 7. The van der Waals surface area contributed by atoms with E-state index < -0.39 is 52.6 Å². The first-order chi connectivity index (χ1) is 23.7. The summed E-state index contributed by atoms with van der Waals surface area (Å²) in [6.45, 7) is -0.246. The van der Waals surface area contributed by atoms with Gasteiger partial charge in [-0.3, -0.25) is 29.5 Å². The molecule has 8 rings (SSSR count). The summed E-state index contributed by atoms with van der Waals surface area (Å²) in [4.78, 5) is 59.1. The van der Waals surface area contributed by atoms with Crippen LogP contribution in [-0.2, 0) is 37.7 Å². The van der Waals surface area contributed by atoms with Crippen LogP contribution in [0.3, 0.4) is 0 Å². The van der Waals surface area contributed by atoms with Crippen molar-refractivity contribution in [2.75, 3.05) is 5.43 Å². The molecule has 2 N–H and O–H groups in total. The molecule has 4 aliphatic rings. The number of allylic oxidation sites excluding steroid dienone is 2. The molecule has 9 nitrogen and oxygen atoms in total. The van der Waals surface area contributed by atoms with Gasteiger partial charge in [0.2, 0.25) is 11.8 Å². The molecule has 1 aromatic heterocycles. The molecule has 6 atom stereocenters. The zero-order valence-electron chi connectivity index (χ0n) is 26.1. The minimum Gasteiger partial charge on any atom is -0.463 e. The molecule has 2 aliphatic heterocycles. The van der Waals surface area contributed by atoms with Crippen LogP contribution >= 0.6 is 11.6 Å². The Morgan fingerprint density at radius 2 is 1.61 bits per heavy atom. The summed E-state index contributed by atoms with van der Waals surface area (Å²) >= 11 is 6.32. The van der Waals surface area contributed by atoms with Crippen molar-refractivity contribution in [3.8, 4) is 0 Å². The largest absolute Gasteiger partial charge is 0.463 e. The van der Waals surface area contributed by atoms with E-state index in [4.69, 9.17) is 16.0 Å². The molecular weight excluding hydrogens is 649 g/mol. The van der Waals surface area contributed by atoms with Gasteiger partial charge in [-0.1, -0.05) is 65.7 Å². The molecule has 0 radical (unpaired) electrons. The van der Waals surface area contributed by atoms with Gasteiger partial charge in [-0.15, -0.1) is 0 Å². The van der Waals surface area contributed by atoms with Gasteiger partial charge in [0.25, 0.3) is 11.8 Å². The summed E-state index contributed by atoms with van der Waals surface area (Å²) in [5.41, 5.74) is 3.78. The zero-order valence-corrected chi connectivity index (χ0v) is 26.8. The maximum absolute atomic E-state index is 15.1. The number of nitrogens with one attached hydrogen (secondary N) is 1. The second-order valence-electron chi connectivity index (χ2n) is 13.1. The van der Waals surface area contributed by atoms with E-state index in [0.717, 1.165) is 16.1 Å². The van der Waals surface area contributed by atoms with E-state index in [2.05, 4.69) is 5.43 Å². The van der Waals surface area contributed by atoms with E-state index in [9.17, 15) is 23.9 Å². The Morgan fingerprint density at radius 3 is 2.31 bits per heavy atom. The molecule has 49 heavy (non-hydrogen) atoms. The standard InChI is InChI=1S/C38H31ClFN3O6/c39-23-8-6-22(7-9-23)38-30(35(46)43(37(38)48)41-25-12-10-24(40)11-13-25)18-29-27(33(38)31-17-14-26(20-44)49-31)15-16-28-32(29)36(47)42(34(28)45)19-21-4-2-1-3-5-21/h1-15,17,28-30,32-33,41,44H,16,18-20H2/t28-,29+,30-,32-,33+,38+/m0/s1. The van der Waals surface area contributed by atoms with Crippen molar-refractivity contribution in [3.05, 3.63) is 136 Å². The van der Waals surface area contributed by atoms with Crippen LogP contribution in [0, 0.1) is 29.5 Å². The lowest BCUT2D eigenvalue weighted by molar-refractivity contribution is -0.142. The number of hydrazine groups is 1. The molecule has 248 valence electrons. The highest BCUT2D eigenvalue weighted by molar-refractivity contribution is 6.30. The molecule has 1 saturated carbocycles. The number of carbonyl (C=O) groups is 4. The van der Waals surface area contributed by atoms with Gasteiger partial charge in [0.1, 0.15) is 29.4 Å². The third-order valence-electron chi connectivity index (χ3n) is 10.7. The number of halogens is 2. The zero-order chi connectivity index (χ0) is 34.0. The van der Waals surface area contributed by atoms with Gasteiger partial charge in [0, 0.05) is 5.02 Å². The van der Waals surface area contributed by atoms with E-state index in [0.29, 0.717) is 22.0 Å². The van der Waals surface area contributed by atoms with Crippen molar-refractivity contribution in [1.29, 1.82) is 0 Å². The Hall–Kier alpha value is -5.06. The molecule has 3 heterocycles. The van der Waals surface area contributed by atoms with Crippen LogP contribution in [-0.4, -0.2) is 38.6 Å². The predicted octanol–water partition coefficient (Wildman–Crippen LogP) is 5.75. The Kier molecular flexibility index (Phi) is 7.53. The Labute approximate surface area is 285 Å². The number of anilines is 1. The second-order valence-corrected chi connectivity index (χ2v) is 13.5. The lowest BCUT2D eigenvalue weighted by atomic mass is 9.50. The fourth-order valence-electron chi connectivity index (χ4n) is 8.59. The summed E-state index contributed by atoms with van der Waals surface area (Å²) < 4.78 is 20.0. The molecule has 3 aromatic carbocycles. The van der Waals surface area contributed by atoms with Crippen LogP contribution in [0.2, 0.25) is 5.02 Å². The van der Waals surface area contributed by atoms with Gasteiger partial charge in [0.15, 0.2) is 0 Å². The number of carbonyl (C=O) groups excluding carboxylic acids is 4. The van der Waals surface area contributed by atoms with Gasteiger partial charge in [-0.25, -0.2) is 4.39 Å². The monoisotopic (exact) mass is 679 g/mol. The molecule has 2 saturated heterocycles. The van der Waals surface area contributed by atoms with Crippen molar-refractivity contribution in [1.82, 2.24) is 9.91 Å². The maximum atomic E-state index is 15.1. The Morgan fingerprint density at radius 1 is 0.878 bits per heavy atom. The quantitative estimate of drug-likeness (QED) is 0.189. The van der Waals surface area contributed by atoms with Crippen molar-refractivity contribution in [2.24, 2.45) is 23.7 Å². The van der Waals surface area contributed by atoms with E-state index in [1.165, 1.54) is 29.2 Å². The third-order valence-corrected chi connectivity index (χ3v) is 10.9. The van der Waals surface area contributed by atoms with Gasteiger partial charge in [-0.2, -0.15) is 5.01 Å². The second kappa shape index (κ2) is 11.8. The van der Waals surface area contributed by atoms with Gasteiger partial charge >= 0.3 is 0 Å². The summed E-state index contributed by atoms with van der Waals surface area (Å²) in [6.07, 6.45) is 2.33. The van der Waals surface area contributed by atoms with E-state index in [1.807, 2.05) is 36.4 Å². The van der Waals surface area contributed by atoms with E-state index in [-0.39, 0.29) is 43.6 Å². The first-order valence-corrected chi connectivity index (χ1v) is 16.6. The summed E-state index contributed by atoms with van der Waals surface area (Å²) in [7, 11) is 0. The van der Waals surface area contributed by atoms with Crippen LogP contribution in [0.15, 0.2) is 107 Å². The van der Waals surface area contributed by atoms with Crippen molar-refractivity contribution in [2.45, 2.75) is 37.3 Å². The Balaban J connectivity index is 1.28. The molecule has 0 unspecified atom stereocenters.